The fourth-order valence-corrected chi connectivity index (χ4v) is 2.30. The second-order valence-corrected chi connectivity index (χ2v) is 8.85. The zero-order valence-corrected chi connectivity index (χ0v) is 15.9. The first-order valence-corrected chi connectivity index (χ1v) is 8.39. The monoisotopic (exact) mass is 298 g/mol. The minimum atomic E-state index is -0.201. The van der Waals surface area contributed by atoms with Crippen molar-refractivity contribution in [1.82, 2.24) is 0 Å². The molecule has 1 aliphatic rings. The first-order valence-electron chi connectivity index (χ1n) is 8.39. The Kier molecular flexibility index (Phi) is 7.62. The van der Waals surface area contributed by atoms with Crippen molar-refractivity contribution < 1.29 is 9.53 Å². The average Bonchev–Trinajstić information content (AvgIpc) is 2.38. The molecule has 0 aromatic heterocycles. The molecule has 0 heterocycles. The summed E-state index contributed by atoms with van der Waals surface area (Å²) in [6.07, 6.45) is 6.49. The molecule has 0 aliphatic heterocycles. The van der Waals surface area contributed by atoms with Crippen LogP contribution in [0.5, 0.6) is 0 Å². The number of aldehydes is 1. The van der Waals surface area contributed by atoms with Crippen LogP contribution in [0.15, 0.2) is 0 Å². The van der Waals surface area contributed by atoms with Crippen molar-refractivity contribution in [1.29, 1.82) is 0 Å². The molecule has 0 atom stereocenters. The first-order chi connectivity index (χ1) is 9.37. The van der Waals surface area contributed by atoms with Gasteiger partial charge in [-0.2, -0.15) is 0 Å². The Hall–Kier alpha value is -0.370. The molecule has 1 rings (SSSR count). The number of methoxy groups -OCH3 is 1. The molecule has 0 aromatic carbocycles. The molecule has 0 bridgehead atoms. The minimum Gasteiger partial charge on any atom is -0.379 e. The van der Waals surface area contributed by atoms with Crippen LogP contribution < -0.4 is 0 Å². The van der Waals surface area contributed by atoms with E-state index in [2.05, 4.69) is 41.5 Å². The fraction of sp³-hybridized carbons (Fsp3) is 0.947. The van der Waals surface area contributed by atoms with Gasteiger partial charge >= 0.3 is 0 Å². The van der Waals surface area contributed by atoms with Crippen molar-refractivity contribution in [3.63, 3.8) is 0 Å². The molecule has 0 unspecified atom stereocenters. The lowest BCUT2D eigenvalue weighted by Gasteiger charge is -2.37. The van der Waals surface area contributed by atoms with Crippen molar-refractivity contribution in [2.45, 2.75) is 86.7 Å². The standard InChI is InChI=1S/C11H22O.C8H16O/c1-9-5-7-10(8-6-9)11(2,3)12-4;1-7(2,3)8(4,5)6-9/h9-10H,5-8H2,1-4H3;6H,1-5H3. The third kappa shape index (κ3) is 6.50. The molecule has 0 N–H and O–H groups in total. The summed E-state index contributed by atoms with van der Waals surface area (Å²) in [6, 6.07) is 0. The Bertz CT molecular complexity index is 302. The summed E-state index contributed by atoms with van der Waals surface area (Å²) in [4.78, 5) is 10.5. The van der Waals surface area contributed by atoms with Gasteiger partial charge in [-0.15, -0.1) is 0 Å². The van der Waals surface area contributed by atoms with E-state index in [0.717, 1.165) is 18.1 Å². The highest BCUT2D eigenvalue weighted by Gasteiger charge is 2.32. The van der Waals surface area contributed by atoms with Crippen LogP contribution in [0.1, 0.15) is 81.1 Å². The predicted octanol–water partition coefficient (Wildman–Crippen LogP) is 5.50. The van der Waals surface area contributed by atoms with E-state index in [1.807, 2.05) is 21.0 Å². The molecule has 1 fully saturated rings. The third-order valence-corrected chi connectivity index (χ3v) is 5.75. The highest BCUT2D eigenvalue weighted by molar-refractivity contribution is 5.59. The number of rotatable bonds is 3. The largest absolute Gasteiger partial charge is 0.379 e. The SMILES string of the molecule is CC(C)(C)C(C)(C)C=O.COC(C)(C)C1CCC(C)CC1. The molecule has 0 spiro atoms. The van der Waals surface area contributed by atoms with Crippen LogP contribution in [-0.4, -0.2) is 19.0 Å². The van der Waals surface area contributed by atoms with Crippen LogP contribution >= 0.6 is 0 Å². The van der Waals surface area contributed by atoms with Gasteiger partial charge < -0.3 is 9.53 Å². The molecule has 2 heteroatoms. The van der Waals surface area contributed by atoms with Gasteiger partial charge in [-0.3, -0.25) is 0 Å². The molecule has 126 valence electrons. The van der Waals surface area contributed by atoms with Crippen LogP contribution in [0, 0.1) is 22.7 Å². The van der Waals surface area contributed by atoms with E-state index in [-0.39, 0.29) is 16.4 Å². The van der Waals surface area contributed by atoms with E-state index in [4.69, 9.17) is 4.74 Å². The van der Waals surface area contributed by atoms with E-state index < -0.39 is 0 Å². The molecule has 0 amide bonds. The van der Waals surface area contributed by atoms with Gasteiger partial charge in [0, 0.05) is 12.5 Å². The van der Waals surface area contributed by atoms with Crippen molar-refractivity contribution in [3.8, 4) is 0 Å². The van der Waals surface area contributed by atoms with E-state index in [0.29, 0.717) is 0 Å². The maximum atomic E-state index is 10.5. The number of ether oxygens (including phenoxy) is 1. The maximum absolute atomic E-state index is 10.5. The highest BCUT2D eigenvalue weighted by Crippen LogP contribution is 2.36. The second-order valence-electron chi connectivity index (χ2n) is 8.85. The molecule has 1 saturated carbocycles. The lowest BCUT2D eigenvalue weighted by Crippen LogP contribution is -2.35. The maximum Gasteiger partial charge on any atom is 0.126 e. The number of hydrogen-bond donors (Lipinski definition) is 0. The Balaban J connectivity index is 0.000000400. The zero-order valence-electron chi connectivity index (χ0n) is 15.9. The highest BCUT2D eigenvalue weighted by atomic mass is 16.5. The molecular weight excluding hydrogens is 260 g/mol. The van der Waals surface area contributed by atoms with Gasteiger partial charge in [-0.25, -0.2) is 0 Å². The van der Waals surface area contributed by atoms with E-state index in [1.165, 1.54) is 25.7 Å². The Morgan fingerprint density at radius 2 is 1.33 bits per heavy atom. The Morgan fingerprint density at radius 1 is 0.905 bits per heavy atom. The summed E-state index contributed by atoms with van der Waals surface area (Å²) < 4.78 is 5.51. The molecule has 0 saturated heterocycles. The van der Waals surface area contributed by atoms with Crippen LogP contribution in [0.25, 0.3) is 0 Å². The summed E-state index contributed by atoms with van der Waals surface area (Å²) >= 11 is 0. The molecular formula is C19H38O2. The van der Waals surface area contributed by atoms with Crippen molar-refractivity contribution in [2.75, 3.05) is 7.11 Å². The van der Waals surface area contributed by atoms with E-state index in [9.17, 15) is 4.79 Å². The van der Waals surface area contributed by atoms with E-state index >= 15 is 0 Å². The molecule has 1 aliphatic carbocycles. The van der Waals surface area contributed by atoms with Crippen LogP contribution in [0.4, 0.5) is 0 Å². The number of hydrogen-bond acceptors (Lipinski definition) is 2. The summed E-state index contributed by atoms with van der Waals surface area (Å²) in [5.74, 6) is 1.72. The summed E-state index contributed by atoms with van der Waals surface area (Å²) in [6.45, 7) is 16.9. The van der Waals surface area contributed by atoms with E-state index in [1.54, 1.807) is 0 Å². The number of carbonyl (C=O) groups is 1. The quantitative estimate of drug-likeness (QED) is 0.643. The summed E-state index contributed by atoms with van der Waals surface area (Å²) in [5.41, 5.74) is -0.0259. The molecule has 2 nitrogen and oxygen atoms in total. The van der Waals surface area contributed by atoms with Crippen LogP contribution in [-0.2, 0) is 9.53 Å². The Morgan fingerprint density at radius 3 is 1.57 bits per heavy atom. The van der Waals surface area contributed by atoms with Crippen molar-refractivity contribution >= 4 is 6.29 Å². The lowest BCUT2D eigenvalue weighted by atomic mass is 9.70. The van der Waals surface area contributed by atoms with Gasteiger partial charge in [0.25, 0.3) is 0 Å². The van der Waals surface area contributed by atoms with Crippen LogP contribution in [0.3, 0.4) is 0 Å². The Labute approximate surface area is 133 Å². The average molecular weight is 299 g/mol. The topological polar surface area (TPSA) is 26.3 Å². The number of carbonyl (C=O) groups excluding carboxylic acids is 1. The summed E-state index contributed by atoms with van der Waals surface area (Å²) in [5, 5.41) is 0. The molecule has 0 radical (unpaired) electrons. The first kappa shape index (κ1) is 20.6. The fourth-order valence-electron chi connectivity index (χ4n) is 2.30. The lowest BCUT2D eigenvalue weighted by molar-refractivity contribution is -0.119. The van der Waals surface area contributed by atoms with Crippen molar-refractivity contribution in [3.05, 3.63) is 0 Å². The summed E-state index contributed by atoms with van der Waals surface area (Å²) in [7, 11) is 1.83. The predicted molar refractivity (Wildman–Crippen MR) is 91.5 cm³/mol. The minimum absolute atomic E-state index is 0.0781. The van der Waals surface area contributed by atoms with Crippen molar-refractivity contribution in [2.24, 2.45) is 22.7 Å². The normalized spacial score (nSPS) is 24.0. The van der Waals surface area contributed by atoms with Crippen LogP contribution in [0.2, 0.25) is 0 Å². The van der Waals surface area contributed by atoms with Gasteiger partial charge in [0.2, 0.25) is 0 Å². The van der Waals surface area contributed by atoms with Gasteiger partial charge in [-0.1, -0.05) is 54.4 Å². The third-order valence-electron chi connectivity index (χ3n) is 5.75. The molecule has 0 aromatic rings. The van der Waals surface area contributed by atoms with Gasteiger partial charge in [0.15, 0.2) is 0 Å². The van der Waals surface area contributed by atoms with Gasteiger partial charge in [-0.05, 0) is 43.9 Å². The smallest absolute Gasteiger partial charge is 0.126 e. The zero-order chi connectivity index (χ0) is 16.9. The van der Waals surface area contributed by atoms with Gasteiger partial charge in [0.1, 0.15) is 6.29 Å². The van der Waals surface area contributed by atoms with Gasteiger partial charge in [0.05, 0.1) is 5.60 Å². The molecule has 21 heavy (non-hydrogen) atoms. The second kappa shape index (κ2) is 7.76.